The molecule has 0 saturated carbocycles. The molecule has 0 N–H and O–H groups in total. The van der Waals surface area contributed by atoms with Gasteiger partial charge in [-0.15, -0.1) is 0 Å². The van der Waals surface area contributed by atoms with Crippen molar-refractivity contribution in [2.24, 2.45) is 5.41 Å². The van der Waals surface area contributed by atoms with E-state index in [1.807, 2.05) is 29.2 Å². The summed E-state index contributed by atoms with van der Waals surface area (Å²) in [6.45, 7) is 2.75. The Labute approximate surface area is 149 Å². The first-order valence-corrected chi connectivity index (χ1v) is 9.27. The molecule has 0 aromatic heterocycles. The van der Waals surface area contributed by atoms with E-state index in [4.69, 9.17) is 4.74 Å². The fourth-order valence-corrected chi connectivity index (χ4v) is 4.37. The molecular weight excluding hydrogens is 310 g/mol. The second-order valence-electron chi connectivity index (χ2n) is 7.26. The Morgan fingerprint density at radius 3 is 2.44 bits per heavy atom. The molecule has 2 aliphatic heterocycles. The number of hydrogen-bond acceptors (Lipinski definition) is 2. The lowest BCUT2D eigenvalue weighted by Crippen LogP contribution is -2.52. The van der Waals surface area contributed by atoms with Crippen LogP contribution in [-0.2, 0) is 16.0 Å². The smallest absolute Gasteiger partial charge is 0.231 e. The molecular formula is C22H25NO2. The summed E-state index contributed by atoms with van der Waals surface area (Å²) in [4.78, 5) is 15.6. The van der Waals surface area contributed by atoms with E-state index in [9.17, 15) is 4.79 Å². The third kappa shape index (κ3) is 2.87. The van der Waals surface area contributed by atoms with Crippen molar-refractivity contribution in [3.05, 3.63) is 71.8 Å². The lowest BCUT2D eigenvalue weighted by atomic mass is 9.71. The molecule has 0 spiro atoms. The standard InChI is InChI=1S/C22H25NO2/c1-2-22(15-17-9-5-3-6-10-17)14-13-20-23(21(22)24)19(16-25-20)18-11-7-4-8-12-18/h3-12,19-20H,2,13-16H2,1H3/t19-,20-,22+/m0/s1. The first-order chi connectivity index (χ1) is 12.2. The van der Waals surface area contributed by atoms with Crippen molar-refractivity contribution in [3.63, 3.8) is 0 Å². The van der Waals surface area contributed by atoms with Crippen molar-refractivity contribution in [1.29, 1.82) is 0 Å². The molecule has 2 aromatic rings. The largest absolute Gasteiger partial charge is 0.356 e. The molecule has 3 nitrogen and oxygen atoms in total. The van der Waals surface area contributed by atoms with E-state index in [-0.39, 0.29) is 23.6 Å². The van der Waals surface area contributed by atoms with E-state index in [0.717, 1.165) is 25.7 Å². The highest BCUT2D eigenvalue weighted by atomic mass is 16.5. The Bertz CT molecular complexity index is 730. The molecule has 0 aliphatic carbocycles. The maximum atomic E-state index is 13.6. The van der Waals surface area contributed by atoms with Crippen molar-refractivity contribution in [1.82, 2.24) is 4.90 Å². The second-order valence-corrected chi connectivity index (χ2v) is 7.26. The minimum absolute atomic E-state index is 0.0423. The molecule has 0 bridgehead atoms. The van der Waals surface area contributed by atoms with E-state index < -0.39 is 0 Å². The number of carbonyl (C=O) groups excluding carboxylic acids is 1. The maximum absolute atomic E-state index is 13.6. The fraction of sp³-hybridized carbons (Fsp3) is 0.409. The zero-order chi connectivity index (χ0) is 17.3. The zero-order valence-corrected chi connectivity index (χ0v) is 14.7. The first kappa shape index (κ1) is 16.3. The molecule has 3 heteroatoms. The van der Waals surface area contributed by atoms with Crippen LogP contribution in [0.15, 0.2) is 60.7 Å². The molecule has 25 heavy (non-hydrogen) atoms. The van der Waals surface area contributed by atoms with E-state index in [0.29, 0.717) is 6.61 Å². The van der Waals surface area contributed by atoms with Gasteiger partial charge in [-0.3, -0.25) is 4.79 Å². The first-order valence-electron chi connectivity index (χ1n) is 9.27. The van der Waals surface area contributed by atoms with Crippen LogP contribution in [0.4, 0.5) is 0 Å². The summed E-state index contributed by atoms with van der Waals surface area (Å²) in [5, 5.41) is 0. The number of rotatable bonds is 4. The third-order valence-corrected chi connectivity index (χ3v) is 5.90. The van der Waals surface area contributed by atoms with E-state index in [1.165, 1.54) is 11.1 Å². The van der Waals surface area contributed by atoms with Gasteiger partial charge >= 0.3 is 0 Å². The summed E-state index contributed by atoms with van der Waals surface area (Å²) >= 11 is 0. The Hall–Kier alpha value is -2.13. The Balaban J connectivity index is 1.64. The number of amides is 1. The van der Waals surface area contributed by atoms with E-state index in [1.54, 1.807) is 0 Å². The van der Waals surface area contributed by atoms with Crippen LogP contribution >= 0.6 is 0 Å². The summed E-state index contributed by atoms with van der Waals surface area (Å²) in [7, 11) is 0. The van der Waals surface area contributed by atoms with Gasteiger partial charge in [-0.2, -0.15) is 0 Å². The maximum Gasteiger partial charge on any atom is 0.231 e. The summed E-state index contributed by atoms with van der Waals surface area (Å²) in [5.41, 5.74) is 2.11. The number of fused-ring (bicyclic) bond motifs is 1. The predicted octanol–water partition coefficient (Wildman–Crippen LogP) is 4.35. The van der Waals surface area contributed by atoms with Crippen molar-refractivity contribution in [3.8, 4) is 0 Å². The van der Waals surface area contributed by atoms with Gasteiger partial charge in [0.25, 0.3) is 0 Å². The van der Waals surface area contributed by atoms with Gasteiger partial charge in [0.2, 0.25) is 5.91 Å². The molecule has 0 radical (unpaired) electrons. The van der Waals surface area contributed by atoms with Crippen molar-refractivity contribution in [2.45, 2.75) is 44.9 Å². The second kappa shape index (κ2) is 6.64. The summed E-state index contributed by atoms with van der Waals surface area (Å²) in [6, 6.07) is 20.7. The van der Waals surface area contributed by atoms with Crippen LogP contribution in [0.5, 0.6) is 0 Å². The van der Waals surface area contributed by atoms with Crippen LogP contribution in [0.3, 0.4) is 0 Å². The average molecular weight is 335 g/mol. The molecule has 130 valence electrons. The highest BCUT2D eigenvalue weighted by Gasteiger charge is 2.51. The quantitative estimate of drug-likeness (QED) is 0.831. The third-order valence-electron chi connectivity index (χ3n) is 5.90. The molecule has 0 unspecified atom stereocenters. The number of piperidine rings is 1. The lowest BCUT2D eigenvalue weighted by Gasteiger charge is -2.44. The summed E-state index contributed by atoms with van der Waals surface area (Å²) in [6.07, 6.45) is 3.45. The SMILES string of the molecule is CC[C@]1(Cc2ccccc2)CC[C@@H]2OC[C@@H](c3ccccc3)N2C1=O. The van der Waals surface area contributed by atoms with Gasteiger partial charge in [-0.05, 0) is 36.8 Å². The molecule has 4 rings (SSSR count). The fourth-order valence-electron chi connectivity index (χ4n) is 4.37. The average Bonchev–Trinajstić information content (AvgIpc) is 3.10. The molecule has 3 atom stereocenters. The van der Waals surface area contributed by atoms with Gasteiger partial charge in [0.15, 0.2) is 0 Å². The topological polar surface area (TPSA) is 29.5 Å². The van der Waals surface area contributed by atoms with Gasteiger partial charge < -0.3 is 9.64 Å². The molecule has 2 aliphatic rings. The van der Waals surface area contributed by atoms with Gasteiger partial charge in [0.1, 0.15) is 6.23 Å². The Kier molecular flexibility index (Phi) is 4.34. The van der Waals surface area contributed by atoms with Crippen LogP contribution in [0.25, 0.3) is 0 Å². The Morgan fingerprint density at radius 2 is 1.76 bits per heavy atom. The van der Waals surface area contributed by atoms with Crippen molar-refractivity contribution in [2.75, 3.05) is 6.61 Å². The molecule has 2 aromatic carbocycles. The van der Waals surface area contributed by atoms with Crippen LogP contribution in [-0.4, -0.2) is 23.6 Å². The van der Waals surface area contributed by atoms with Crippen LogP contribution in [0.1, 0.15) is 43.4 Å². The molecule has 2 fully saturated rings. The van der Waals surface area contributed by atoms with E-state index in [2.05, 4.69) is 43.3 Å². The Morgan fingerprint density at radius 1 is 1.08 bits per heavy atom. The molecule has 1 amide bonds. The van der Waals surface area contributed by atoms with Crippen LogP contribution in [0.2, 0.25) is 0 Å². The van der Waals surface area contributed by atoms with Crippen LogP contribution < -0.4 is 0 Å². The number of hydrogen-bond donors (Lipinski definition) is 0. The summed E-state index contributed by atoms with van der Waals surface area (Å²) < 4.78 is 5.99. The number of nitrogens with zero attached hydrogens (tertiary/aromatic N) is 1. The number of ether oxygens (including phenoxy) is 1. The molecule has 2 heterocycles. The minimum Gasteiger partial charge on any atom is -0.356 e. The van der Waals surface area contributed by atoms with Gasteiger partial charge in [-0.25, -0.2) is 0 Å². The monoisotopic (exact) mass is 335 g/mol. The van der Waals surface area contributed by atoms with Gasteiger partial charge in [-0.1, -0.05) is 67.6 Å². The lowest BCUT2D eigenvalue weighted by molar-refractivity contribution is -0.158. The highest BCUT2D eigenvalue weighted by Crippen LogP contribution is 2.46. The summed E-state index contributed by atoms with van der Waals surface area (Å²) in [5.74, 6) is 0.265. The van der Waals surface area contributed by atoms with Crippen molar-refractivity contribution < 1.29 is 9.53 Å². The number of benzene rings is 2. The normalized spacial score (nSPS) is 28.8. The van der Waals surface area contributed by atoms with E-state index >= 15 is 0 Å². The number of carbonyl (C=O) groups is 1. The van der Waals surface area contributed by atoms with Gasteiger partial charge in [0, 0.05) is 0 Å². The van der Waals surface area contributed by atoms with Gasteiger partial charge in [0.05, 0.1) is 18.1 Å². The van der Waals surface area contributed by atoms with Crippen molar-refractivity contribution >= 4 is 5.91 Å². The predicted molar refractivity (Wildman–Crippen MR) is 97.9 cm³/mol. The molecule has 2 saturated heterocycles. The highest BCUT2D eigenvalue weighted by molar-refractivity contribution is 5.84. The minimum atomic E-state index is -0.307. The zero-order valence-electron chi connectivity index (χ0n) is 14.7. The van der Waals surface area contributed by atoms with Crippen LogP contribution in [0, 0.1) is 5.41 Å².